The summed E-state index contributed by atoms with van der Waals surface area (Å²) in [5, 5.41) is 32.6. The van der Waals surface area contributed by atoms with Gasteiger partial charge in [0.1, 0.15) is 0 Å². The van der Waals surface area contributed by atoms with Crippen LogP contribution in [0.15, 0.2) is 0 Å². The van der Waals surface area contributed by atoms with E-state index in [0.29, 0.717) is 0 Å². The Labute approximate surface area is 101 Å². The van der Waals surface area contributed by atoms with Crippen LogP contribution in [0.4, 0.5) is 0 Å². The van der Waals surface area contributed by atoms with Crippen molar-refractivity contribution in [2.75, 3.05) is 0 Å². The van der Waals surface area contributed by atoms with Crippen LogP contribution in [-0.4, -0.2) is 23.4 Å². The number of unbranched alkanes of at least 4 members (excludes halogenated alkanes) is 1. The van der Waals surface area contributed by atoms with Gasteiger partial charge in [0, 0.05) is 0 Å². The summed E-state index contributed by atoms with van der Waals surface area (Å²) >= 11 is 0. The van der Waals surface area contributed by atoms with Gasteiger partial charge in [-0.1, -0.05) is 26.7 Å². The fraction of sp³-hybridized carbons (Fsp3) is 0.875. The third-order valence-corrected chi connectivity index (χ3v) is 1.75. The van der Waals surface area contributed by atoms with E-state index in [0.717, 1.165) is 25.7 Å². The number of hydrogen-bond acceptors (Lipinski definition) is 4. The Morgan fingerprint density at radius 1 is 1.40 bits per heavy atom. The Hall–Kier alpha value is -0.0656. The molecule has 15 heavy (non-hydrogen) atoms. The van der Waals surface area contributed by atoms with Crippen molar-refractivity contribution < 1.29 is 42.0 Å². The van der Waals surface area contributed by atoms with Crippen molar-refractivity contribution in [1.82, 2.24) is 0 Å². The van der Waals surface area contributed by atoms with Gasteiger partial charge in [0.15, 0.2) is 0 Å². The first-order valence-electron chi connectivity index (χ1n) is 4.68. The van der Waals surface area contributed by atoms with Gasteiger partial charge in [-0.25, -0.2) is 0 Å². The second-order valence-corrected chi connectivity index (χ2v) is 2.89. The summed E-state index contributed by atoms with van der Waals surface area (Å²) in [6.45, 7) is 4.00. The Morgan fingerprint density at radius 3 is 2.00 bits per heavy atom. The fourth-order valence-electron chi connectivity index (χ4n) is 0.953. The second kappa shape index (κ2) is 13.9. The van der Waals surface area contributed by atoms with Gasteiger partial charge in [-0.05, 0) is 12.8 Å². The normalized spacial score (nSPS) is 10.5. The molecule has 0 aliphatic heterocycles. The smallest absolute Gasteiger partial charge is 0.871 e. The summed E-state index contributed by atoms with van der Waals surface area (Å²) in [5.41, 5.74) is 0. The second-order valence-electron chi connectivity index (χ2n) is 2.89. The Bertz CT molecular complexity index is 142. The van der Waals surface area contributed by atoms with Crippen molar-refractivity contribution in [1.29, 1.82) is 0 Å². The van der Waals surface area contributed by atoms with Crippen LogP contribution >= 0.6 is 0 Å². The molecule has 0 aliphatic rings. The molecule has 0 bridgehead atoms. The molecule has 0 saturated carbocycles. The van der Waals surface area contributed by atoms with E-state index in [1.165, 1.54) is 0 Å². The molecule has 0 aliphatic carbocycles. The van der Waals surface area contributed by atoms with Crippen molar-refractivity contribution >= 4 is 13.3 Å². The van der Waals surface area contributed by atoms with E-state index in [2.05, 4.69) is 6.92 Å². The molecule has 2 N–H and O–H groups in total. The summed E-state index contributed by atoms with van der Waals surface area (Å²) in [5.74, 6) is -0.754. The number of rotatable bonds is 5. The zero-order valence-corrected chi connectivity index (χ0v) is 9.85. The van der Waals surface area contributed by atoms with Gasteiger partial charge in [-0.15, -0.1) is 0 Å². The van der Waals surface area contributed by atoms with Crippen LogP contribution in [0.5, 0.6) is 0 Å². The largest absolute Gasteiger partial charge is 2.00 e. The van der Waals surface area contributed by atoms with E-state index in [-0.39, 0.29) is 23.0 Å². The van der Waals surface area contributed by atoms with Crippen LogP contribution in [0.2, 0.25) is 0 Å². The van der Waals surface area contributed by atoms with Crippen LogP contribution in [0.3, 0.4) is 0 Å². The SMILES string of the molecule is CCCCC(CC)C(=O)O.[Cu+2].[O-]B([O-])O. The summed E-state index contributed by atoms with van der Waals surface area (Å²) in [7, 11) is -2.67. The number of carboxylic acids is 1. The first-order chi connectivity index (χ1) is 6.45. The molecular formula is C8H17BCuO5. The topological polar surface area (TPSA) is 104 Å². The molecule has 93 valence electrons. The number of carboxylic acid groups (broad SMARTS) is 1. The van der Waals surface area contributed by atoms with Crippen LogP contribution < -0.4 is 10.0 Å². The average molecular weight is 268 g/mol. The third kappa shape index (κ3) is 20.1. The Balaban J connectivity index is -0.000000249. The quantitative estimate of drug-likeness (QED) is 0.620. The van der Waals surface area contributed by atoms with Crippen molar-refractivity contribution in [3.8, 4) is 0 Å². The Morgan fingerprint density at radius 2 is 1.80 bits per heavy atom. The fourth-order valence-corrected chi connectivity index (χ4v) is 0.953. The molecule has 0 aromatic heterocycles. The van der Waals surface area contributed by atoms with E-state index in [4.69, 9.17) is 20.2 Å². The summed E-state index contributed by atoms with van der Waals surface area (Å²) in [4.78, 5) is 10.4. The maximum atomic E-state index is 10.4. The summed E-state index contributed by atoms with van der Waals surface area (Å²) in [6, 6.07) is 0. The number of aliphatic carboxylic acids is 1. The molecule has 0 amide bonds. The van der Waals surface area contributed by atoms with E-state index >= 15 is 0 Å². The predicted octanol–water partition coefficient (Wildman–Crippen LogP) is -1.03. The van der Waals surface area contributed by atoms with Gasteiger partial charge < -0.3 is 20.2 Å². The number of carbonyl (C=O) groups is 1. The zero-order chi connectivity index (χ0) is 11.6. The van der Waals surface area contributed by atoms with E-state index in [1.54, 1.807) is 0 Å². The Kier molecular flexibility index (Phi) is 18.9. The summed E-state index contributed by atoms with van der Waals surface area (Å²) < 4.78 is 0. The molecule has 1 radical (unpaired) electrons. The third-order valence-electron chi connectivity index (χ3n) is 1.75. The monoisotopic (exact) mass is 267 g/mol. The molecule has 0 saturated heterocycles. The van der Waals surface area contributed by atoms with Gasteiger partial charge in [0.2, 0.25) is 0 Å². The average Bonchev–Trinajstić information content (AvgIpc) is 2.04. The van der Waals surface area contributed by atoms with Crippen LogP contribution in [0.1, 0.15) is 39.5 Å². The van der Waals surface area contributed by atoms with Gasteiger partial charge in [-0.3, -0.25) is 4.79 Å². The van der Waals surface area contributed by atoms with Gasteiger partial charge >= 0.3 is 23.0 Å². The molecule has 0 fully saturated rings. The minimum absolute atomic E-state index is 0. The van der Waals surface area contributed by atoms with Crippen LogP contribution in [0, 0.1) is 5.92 Å². The van der Waals surface area contributed by atoms with Gasteiger partial charge in [0.05, 0.1) is 13.2 Å². The van der Waals surface area contributed by atoms with Gasteiger partial charge in [-0.2, -0.15) is 0 Å². The van der Waals surface area contributed by atoms with Crippen LogP contribution in [0.25, 0.3) is 0 Å². The van der Waals surface area contributed by atoms with Crippen molar-refractivity contribution in [2.24, 2.45) is 5.92 Å². The van der Waals surface area contributed by atoms with Gasteiger partial charge in [0.25, 0.3) is 0 Å². The molecule has 1 unspecified atom stereocenters. The molecule has 7 heteroatoms. The first kappa shape index (κ1) is 20.4. The molecule has 5 nitrogen and oxygen atoms in total. The standard InChI is InChI=1S/C8H16O2.BHO3.Cu/c1-3-5-6-7(4-2)8(9)10;2-1(3)4;/h7H,3-6H2,1-2H3,(H,9,10);2H;/q;-2;+2. The van der Waals surface area contributed by atoms with Crippen molar-refractivity contribution in [3.05, 3.63) is 0 Å². The van der Waals surface area contributed by atoms with Crippen molar-refractivity contribution in [3.63, 3.8) is 0 Å². The molecule has 0 heterocycles. The minimum atomic E-state index is -2.67. The summed E-state index contributed by atoms with van der Waals surface area (Å²) in [6.07, 6.45) is 3.71. The minimum Gasteiger partial charge on any atom is -0.871 e. The van der Waals surface area contributed by atoms with Crippen LogP contribution in [-0.2, 0) is 21.9 Å². The van der Waals surface area contributed by atoms with E-state index in [9.17, 15) is 4.79 Å². The van der Waals surface area contributed by atoms with E-state index < -0.39 is 13.3 Å². The molecule has 1 atom stereocenters. The number of hydrogen-bond donors (Lipinski definition) is 2. The zero-order valence-electron chi connectivity index (χ0n) is 8.90. The maximum absolute atomic E-state index is 10.4. The first-order valence-corrected chi connectivity index (χ1v) is 4.68. The predicted molar refractivity (Wildman–Crippen MR) is 48.9 cm³/mol. The molecule has 0 aromatic rings. The maximum Gasteiger partial charge on any atom is 2.00 e. The molecular weight excluding hydrogens is 250 g/mol. The molecule has 0 spiro atoms. The molecule has 0 aromatic carbocycles. The van der Waals surface area contributed by atoms with Crippen molar-refractivity contribution in [2.45, 2.75) is 39.5 Å². The molecule has 0 rings (SSSR count). The van der Waals surface area contributed by atoms with E-state index in [1.807, 2.05) is 6.92 Å².